The van der Waals surface area contributed by atoms with Gasteiger partial charge >= 0.3 is 11.9 Å². The van der Waals surface area contributed by atoms with E-state index in [-0.39, 0.29) is 13.2 Å². The van der Waals surface area contributed by atoms with Crippen molar-refractivity contribution in [2.24, 2.45) is 5.92 Å². The molecule has 1 saturated heterocycles. The molecule has 0 aromatic heterocycles. The van der Waals surface area contributed by atoms with Gasteiger partial charge in [-0.05, 0) is 19.8 Å². The molecule has 1 amide bonds. The Morgan fingerprint density at radius 2 is 2.00 bits per heavy atom. The summed E-state index contributed by atoms with van der Waals surface area (Å²) in [7, 11) is 0. The Kier molecular flexibility index (Phi) is 4.32. The van der Waals surface area contributed by atoms with Gasteiger partial charge in [-0.3, -0.25) is 4.79 Å². The van der Waals surface area contributed by atoms with Gasteiger partial charge in [0, 0.05) is 19.4 Å². The first-order chi connectivity index (χ1) is 8.42. The fraction of sp³-hybridized carbons (Fsp3) is 0.750. The van der Waals surface area contributed by atoms with Crippen molar-refractivity contribution < 1.29 is 24.2 Å². The second-order valence-corrected chi connectivity index (χ2v) is 4.36. The second-order valence-electron chi connectivity index (χ2n) is 4.36. The minimum absolute atomic E-state index is 0.0933. The number of hydrogen-bond donors (Lipinski definition) is 1. The smallest absolute Gasteiger partial charge is 0.344 e. The summed E-state index contributed by atoms with van der Waals surface area (Å²) in [5, 5.41) is 9.49. The number of carboxylic acids is 1. The van der Waals surface area contributed by atoms with Gasteiger partial charge in [-0.2, -0.15) is 0 Å². The van der Waals surface area contributed by atoms with Gasteiger partial charge in [0.1, 0.15) is 0 Å². The number of aliphatic carboxylic acids is 1. The van der Waals surface area contributed by atoms with E-state index in [1.807, 2.05) is 6.92 Å². The lowest BCUT2D eigenvalue weighted by Crippen LogP contribution is -2.62. The fourth-order valence-electron chi connectivity index (χ4n) is 2.69. The molecule has 0 spiro atoms. The van der Waals surface area contributed by atoms with Crippen molar-refractivity contribution in [2.45, 2.75) is 39.2 Å². The molecular weight excluding hydrogens is 238 g/mol. The Morgan fingerprint density at radius 1 is 1.39 bits per heavy atom. The van der Waals surface area contributed by atoms with E-state index in [0.29, 0.717) is 12.8 Å². The van der Waals surface area contributed by atoms with Crippen LogP contribution >= 0.6 is 0 Å². The molecule has 102 valence electrons. The van der Waals surface area contributed by atoms with Crippen LogP contribution in [-0.4, -0.2) is 46.5 Å². The second kappa shape index (κ2) is 5.37. The van der Waals surface area contributed by atoms with Gasteiger partial charge in [0.15, 0.2) is 0 Å². The number of carbonyl (C=O) groups excluding carboxylic acids is 2. The number of nitrogens with zero attached hydrogens (tertiary/aromatic N) is 1. The molecule has 1 fully saturated rings. The third kappa shape index (κ3) is 1.95. The minimum atomic E-state index is -1.85. The lowest BCUT2D eigenvalue weighted by Gasteiger charge is -2.35. The highest BCUT2D eigenvalue weighted by Crippen LogP contribution is 2.38. The Bertz CT molecular complexity index is 367. The third-order valence-electron chi connectivity index (χ3n) is 3.50. The van der Waals surface area contributed by atoms with Crippen molar-refractivity contribution >= 4 is 17.8 Å². The first kappa shape index (κ1) is 14.5. The SMILES string of the molecule is CCOC(=O)C1(C(=O)O)C(CC)CCN1C(C)=O. The maximum Gasteiger partial charge on any atom is 0.344 e. The molecule has 1 rings (SSSR count). The highest BCUT2D eigenvalue weighted by molar-refractivity contribution is 6.07. The lowest BCUT2D eigenvalue weighted by atomic mass is 9.82. The summed E-state index contributed by atoms with van der Waals surface area (Å²) >= 11 is 0. The van der Waals surface area contributed by atoms with Gasteiger partial charge in [0.2, 0.25) is 11.4 Å². The van der Waals surface area contributed by atoms with Gasteiger partial charge in [-0.15, -0.1) is 0 Å². The van der Waals surface area contributed by atoms with Crippen LogP contribution in [0.2, 0.25) is 0 Å². The van der Waals surface area contributed by atoms with E-state index >= 15 is 0 Å². The van der Waals surface area contributed by atoms with E-state index in [0.717, 1.165) is 4.90 Å². The van der Waals surface area contributed by atoms with Gasteiger partial charge in [0.25, 0.3) is 0 Å². The van der Waals surface area contributed by atoms with Gasteiger partial charge in [0.05, 0.1) is 6.61 Å². The summed E-state index contributed by atoms with van der Waals surface area (Å²) in [6.45, 7) is 5.07. The largest absolute Gasteiger partial charge is 0.479 e. The number of likely N-dealkylation sites (tertiary alicyclic amines) is 1. The summed E-state index contributed by atoms with van der Waals surface area (Å²) in [6, 6.07) is 0. The molecule has 2 unspecified atom stereocenters. The molecule has 1 aliphatic heterocycles. The molecule has 6 nitrogen and oxygen atoms in total. The zero-order chi connectivity index (χ0) is 13.9. The maximum absolute atomic E-state index is 12.1. The first-order valence-corrected chi connectivity index (χ1v) is 6.11. The summed E-state index contributed by atoms with van der Waals surface area (Å²) in [4.78, 5) is 36.4. The van der Waals surface area contributed by atoms with Crippen molar-refractivity contribution in [3.63, 3.8) is 0 Å². The Balaban J connectivity index is 3.29. The average Bonchev–Trinajstić information content (AvgIpc) is 2.69. The molecule has 0 aromatic carbocycles. The number of hydrogen-bond acceptors (Lipinski definition) is 4. The van der Waals surface area contributed by atoms with Crippen LogP contribution in [0.15, 0.2) is 0 Å². The van der Waals surface area contributed by atoms with Crippen LogP contribution < -0.4 is 0 Å². The van der Waals surface area contributed by atoms with E-state index in [1.54, 1.807) is 6.92 Å². The molecule has 0 aromatic rings. The fourth-order valence-corrected chi connectivity index (χ4v) is 2.69. The van der Waals surface area contributed by atoms with Crippen LogP contribution in [0.25, 0.3) is 0 Å². The van der Waals surface area contributed by atoms with Crippen LogP contribution in [0.1, 0.15) is 33.6 Å². The standard InChI is InChI=1S/C12H19NO5/c1-4-9-6-7-13(8(3)14)12(9,10(15)16)11(17)18-5-2/h9H,4-7H2,1-3H3,(H,15,16). The molecule has 18 heavy (non-hydrogen) atoms. The summed E-state index contributed by atoms with van der Waals surface area (Å²) in [5.74, 6) is -2.96. The van der Waals surface area contributed by atoms with E-state index in [4.69, 9.17) is 4.74 Å². The Labute approximate surface area is 106 Å². The van der Waals surface area contributed by atoms with E-state index in [1.165, 1.54) is 6.92 Å². The van der Waals surface area contributed by atoms with Crippen LogP contribution in [0, 0.1) is 5.92 Å². The Morgan fingerprint density at radius 3 is 2.39 bits per heavy atom. The van der Waals surface area contributed by atoms with Gasteiger partial charge in [-0.25, -0.2) is 9.59 Å². The molecule has 0 saturated carbocycles. The number of carboxylic acid groups (broad SMARTS) is 1. The van der Waals surface area contributed by atoms with Crippen molar-refractivity contribution in [1.82, 2.24) is 4.90 Å². The summed E-state index contributed by atoms with van der Waals surface area (Å²) in [6.07, 6.45) is 1.01. The predicted octanol–water partition coefficient (Wildman–Crippen LogP) is 0.651. The molecule has 0 radical (unpaired) electrons. The zero-order valence-corrected chi connectivity index (χ0v) is 10.9. The molecule has 1 N–H and O–H groups in total. The molecular formula is C12H19NO5. The monoisotopic (exact) mass is 257 g/mol. The molecule has 0 bridgehead atoms. The number of amides is 1. The number of carbonyl (C=O) groups is 3. The molecule has 6 heteroatoms. The molecule has 1 heterocycles. The average molecular weight is 257 g/mol. The minimum Gasteiger partial charge on any atom is -0.479 e. The molecule has 0 aliphatic carbocycles. The normalized spacial score (nSPS) is 27.1. The quantitative estimate of drug-likeness (QED) is 0.590. The lowest BCUT2D eigenvalue weighted by molar-refractivity contribution is -0.176. The van der Waals surface area contributed by atoms with Crippen LogP contribution in [0.5, 0.6) is 0 Å². The van der Waals surface area contributed by atoms with Gasteiger partial charge in [-0.1, -0.05) is 6.92 Å². The van der Waals surface area contributed by atoms with Crippen molar-refractivity contribution in [3.8, 4) is 0 Å². The number of esters is 1. The van der Waals surface area contributed by atoms with Crippen LogP contribution in [0.4, 0.5) is 0 Å². The highest BCUT2D eigenvalue weighted by Gasteiger charge is 2.62. The first-order valence-electron chi connectivity index (χ1n) is 6.11. The number of ether oxygens (including phenoxy) is 1. The third-order valence-corrected chi connectivity index (χ3v) is 3.50. The molecule has 2 atom stereocenters. The summed E-state index contributed by atoms with van der Waals surface area (Å²) in [5.41, 5.74) is -1.85. The van der Waals surface area contributed by atoms with E-state index in [9.17, 15) is 19.5 Å². The predicted molar refractivity (Wildman–Crippen MR) is 62.8 cm³/mol. The van der Waals surface area contributed by atoms with Crippen molar-refractivity contribution in [3.05, 3.63) is 0 Å². The number of rotatable bonds is 4. The topological polar surface area (TPSA) is 83.9 Å². The maximum atomic E-state index is 12.1. The van der Waals surface area contributed by atoms with Crippen LogP contribution in [0.3, 0.4) is 0 Å². The molecule has 1 aliphatic rings. The summed E-state index contributed by atoms with van der Waals surface area (Å²) < 4.78 is 4.89. The van der Waals surface area contributed by atoms with Gasteiger partial charge < -0.3 is 14.7 Å². The zero-order valence-electron chi connectivity index (χ0n) is 10.9. The Hall–Kier alpha value is -1.59. The van der Waals surface area contributed by atoms with E-state index < -0.39 is 29.3 Å². The van der Waals surface area contributed by atoms with E-state index in [2.05, 4.69) is 0 Å². The van der Waals surface area contributed by atoms with Crippen molar-refractivity contribution in [1.29, 1.82) is 0 Å². The highest BCUT2D eigenvalue weighted by atomic mass is 16.5. The van der Waals surface area contributed by atoms with Crippen LogP contribution in [-0.2, 0) is 19.1 Å². The van der Waals surface area contributed by atoms with Crippen molar-refractivity contribution in [2.75, 3.05) is 13.2 Å².